The molecule has 0 bridgehead atoms. The van der Waals surface area contributed by atoms with Crippen LogP contribution in [0.4, 0.5) is 10.1 Å². The van der Waals surface area contributed by atoms with Gasteiger partial charge >= 0.3 is 0 Å². The third-order valence-electron chi connectivity index (χ3n) is 2.56. The normalized spacial score (nSPS) is 11.3. The monoisotopic (exact) mass is 359 g/mol. The van der Waals surface area contributed by atoms with Crippen molar-refractivity contribution < 1.29 is 17.9 Å². The second-order valence-electron chi connectivity index (χ2n) is 4.04. The summed E-state index contributed by atoms with van der Waals surface area (Å²) in [5, 5.41) is 9.00. The quantitative estimate of drug-likeness (QED) is 0.881. The number of benzene rings is 2. The number of halogens is 2. The van der Waals surface area contributed by atoms with E-state index in [4.69, 9.17) is 5.11 Å². The highest BCUT2D eigenvalue weighted by atomic mass is 79.9. The number of hydrogen-bond acceptors (Lipinski definition) is 3. The van der Waals surface area contributed by atoms with Crippen molar-refractivity contribution in [3.05, 3.63) is 58.3 Å². The van der Waals surface area contributed by atoms with Gasteiger partial charge in [-0.1, -0.05) is 22.0 Å². The lowest BCUT2D eigenvalue weighted by molar-refractivity contribution is 0.281. The summed E-state index contributed by atoms with van der Waals surface area (Å²) in [7, 11) is -4.04. The van der Waals surface area contributed by atoms with Crippen LogP contribution in [0.1, 0.15) is 5.56 Å². The number of sulfonamides is 1. The molecular weight excluding hydrogens is 349 g/mol. The fraction of sp³-hybridized carbons (Fsp3) is 0.0769. The maximum absolute atomic E-state index is 13.7. The Labute approximate surface area is 124 Å². The molecule has 4 nitrogen and oxygen atoms in total. The molecule has 0 saturated carbocycles. The van der Waals surface area contributed by atoms with Crippen LogP contribution in [0.15, 0.2) is 51.8 Å². The molecule has 0 saturated heterocycles. The van der Waals surface area contributed by atoms with Crippen molar-refractivity contribution >= 4 is 31.6 Å². The molecule has 2 N–H and O–H groups in total. The SMILES string of the molecule is O=S(=O)(Nc1ccc(Br)cc1)c1cc(CO)ccc1F. The maximum atomic E-state index is 13.7. The molecule has 0 heterocycles. The molecule has 2 aromatic carbocycles. The van der Waals surface area contributed by atoms with Gasteiger partial charge in [0.2, 0.25) is 0 Å². The summed E-state index contributed by atoms with van der Waals surface area (Å²) in [5.74, 6) is -0.869. The Morgan fingerprint density at radius 3 is 2.40 bits per heavy atom. The summed E-state index contributed by atoms with van der Waals surface area (Å²) in [5.41, 5.74) is 0.643. The number of nitrogens with one attached hydrogen (secondary N) is 1. The zero-order valence-corrected chi connectivity index (χ0v) is 12.6. The molecule has 0 radical (unpaired) electrons. The molecule has 0 fully saturated rings. The first kappa shape index (κ1) is 15.0. The standard InChI is InChI=1S/C13H11BrFNO3S/c14-10-2-4-11(5-3-10)16-20(18,19)13-7-9(8-17)1-6-12(13)15/h1-7,16-17H,8H2. The van der Waals surface area contributed by atoms with Gasteiger partial charge in [0.05, 0.1) is 6.61 Å². The van der Waals surface area contributed by atoms with Crippen LogP contribution in [-0.4, -0.2) is 13.5 Å². The average molecular weight is 360 g/mol. The Hall–Kier alpha value is -1.44. The number of aliphatic hydroxyl groups excluding tert-OH is 1. The van der Waals surface area contributed by atoms with Crippen LogP contribution in [-0.2, 0) is 16.6 Å². The lowest BCUT2D eigenvalue weighted by atomic mass is 10.2. The third kappa shape index (κ3) is 3.36. The molecule has 0 amide bonds. The van der Waals surface area contributed by atoms with E-state index in [1.165, 1.54) is 6.07 Å². The minimum absolute atomic E-state index is 0.321. The Morgan fingerprint density at radius 1 is 1.15 bits per heavy atom. The Morgan fingerprint density at radius 2 is 1.80 bits per heavy atom. The van der Waals surface area contributed by atoms with E-state index in [2.05, 4.69) is 20.7 Å². The molecule has 0 unspecified atom stereocenters. The van der Waals surface area contributed by atoms with Crippen LogP contribution in [0.2, 0.25) is 0 Å². The minimum Gasteiger partial charge on any atom is -0.392 e. The van der Waals surface area contributed by atoms with E-state index in [-0.39, 0.29) is 6.61 Å². The first-order chi connectivity index (χ1) is 9.42. The van der Waals surface area contributed by atoms with E-state index < -0.39 is 20.7 Å². The van der Waals surface area contributed by atoms with Crippen molar-refractivity contribution in [1.29, 1.82) is 0 Å². The summed E-state index contributed by atoms with van der Waals surface area (Å²) < 4.78 is 41.0. The van der Waals surface area contributed by atoms with E-state index in [1.807, 2.05) is 0 Å². The molecule has 2 rings (SSSR count). The van der Waals surface area contributed by atoms with Crippen LogP contribution in [0.3, 0.4) is 0 Å². The van der Waals surface area contributed by atoms with E-state index in [0.29, 0.717) is 11.3 Å². The predicted octanol–water partition coefficient (Wildman–Crippen LogP) is 2.88. The molecule has 0 spiro atoms. The molecular formula is C13H11BrFNO3S. The summed E-state index contributed by atoms with van der Waals surface area (Å²) in [6.45, 7) is -0.360. The van der Waals surface area contributed by atoms with Crippen molar-refractivity contribution in [2.75, 3.05) is 4.72 Å². The Balaban J connectivity index is 2.37. The lowest BCUT2D eigenvalue weighted by Crippen LogP contribution is -2.15. The fourth-order valence-electron chi connectivity index (χ4n) is 1.58. The maximum Gasteiger partial charge on any atom is 0.264 e. The molecule has 106 valence electrons. The second kappa shape index (κ2) is 5.90. The first-order valence-electron chi connectivity index (χ1n) is 5.60. The minimum atomic E-state index is -4.04. The van der Waals surface area contributed by atoms with Crippen molar-refractivity contribution in [3.63, 3.8) is 0 Å². The van der Waals surface area contributed by atoms with Gasteiger partial charge in [0, 0.05) is 10.2 Å². The van der Waals surface area contributed by atoms with Crippen LogP contribution >= 0.6 is 15.9 Å². The van der Waals surface area contributed by atoms with Crippen molar-refractivity contribution in [1.82, 2.24) is 0 Å². The van der Waals surface area contributed by atoms with E-state index in [1.54, 1.807) is 24.3 Å². The highest BCUT2D eigenvalue weighted by molar-refractivity contribution is 9.10. The molecule has 0 aliphatic carbocycles. The predicted molar refractivity (Wildman–Crippen MR) is 77.3 cm³/mol. The van der Waals surface area contributed by atoms with E-state index in [9.17, 15) is 12.8 Å². The van der Waals surface area contributed by atoms with Crippen LogP contribution in [0.25, 0.3) is 0 Å². The molecule has 2 aromatic rings. The van der Waals surface area contributed by atoms with Crippen molar-refractivity contribution in [3.8, 4) is 0 Å². The summed E-state index contributed by atoms with van der Waals surface area (Å²) in [4.78, 5) is -0.494. The number of anilines is 1. The van der Waals surface area contributed by atoms with Gasteiger partial charge < -0.3 is 5.11 Å². The van der Waals surface area contributed by atoms with Gasteiger partial charge in [-0.25, -0.2) is 12.8 Å². The molecule has 20 heavy (non-hydrogen) atoms. The third-order valence-corrected chi connectivity index (χ3v) is 4.49. The van der Waals surface area contributed by atoms with Gasteiger partial charge in [0.1, 0.15) is 10.7 Å². The summed E-state index contributed by atoms with van der Waals surface area (Å²) in [6.07, 6.45) is 0. The van der Waals surface area contributed by atoms with Crippen molar-refractivity contribution in [2.45, 2.75) is 11.5 Å². The molecule has 0 aliphatic rings. The average Bonchev–Trinajstić information content (AvgIpc) is 2.41. The Bertz CT molecular complexity index is 717. The van der Waals surface area contributed by atoms with Crippen LogP contribution < -0.4 is 4.72 Å². The summed E-state index contributed by atoms with van der Waals surface area (Å²) >= 11 is 3.24. The Kier molecular flexibility index (Phi) is 4.42. The molecule has 0 aliphatic heterocycles. The topological polar surface area (TPSA) is 66.4 Å². The summed E-state index contributed by atoms with van der Waals surface area (Å²) in [6, 6.07) is 9.88. The van der Waals surface area contributed by atoms with Gasteiger partial charge in [-0.2, -0.15) is 0 Å². The van der Waals surface area contributed by atoms with Crippen LogP contribution in [0, 0.1) is 5.82 Å². The van der Waals surface area contributed by atoms with Gasteiger partial charge in [-0.3, -0.25) is 4.72 Å². The second-order valence-corrected chi connectivity index (χ2v) is 6.60. The number of aliphatic hydroxyl groups is 1. The highest BCUT2D eigenvalue weighted by Crippen LogP contribution is 2.21. The van der Waals surface area contributed by atoms with Gasteiger partial charge in [0.25, 0.3) is 10.0 Å². The van der Waals surface area contributed by atoms with Crippen LogP contribution in [0.5, 0.6) is 0 Å². The fourth-order valence-corrected chi connectivity index (χ4v) is 3.03. The molecule has 0 atom stereocenters. The molecule has 7 heteroatoms. The van der Waals surface area contributed by atoms with E-state index in [0.717, 1.165) is 16.6 Å². The van der Waals surface area contributed by atoms with Gasteiger partial charge in [0.15, 0.2) is 0 Å². The lowest BCUT2D eigenvalue weighted by Gasteiger charge is -2.10. The first-order valence-corrected chi connectivity index (χ1v) is 7.87. The highest BCUT2D eigenvalue weighted by Gasteiger charge is 2.19. The zero-order valence-electron chi connectivity index (χ0n) is 10.2. The zero-order chi connectivity index (χ0) is 14.8. The molecule has 0 aromatic heterocycles. The van der Waals surface area contributed by atoms with Crippen molar-refractivity contribution in [2.24, 2.45) is 0 Å². The van der Waals surface area contributed by atoms with Gasteiger partial charge in [-0.15, -0.1) is 0 Å². The number of hydrogen-bond donors (Lipinski definition) is 2. The number of rotatable bonds is 4. The largest absolute Gasteiger partial charge is 0.392 e. The smallest absolute Gasteiger partial charge is 0.264 e. The van der Waals surface area contributed by atoms with Gasteiger partial charge in [-0.05, 0) is 42.0 Å². The van der Waals surface area contributed by atoms with E-state index >= 15 is 0 Å².